The van der Waals surface area contributed by atoms with E-state index in [9.17, 15) is 9.59 Å². The summed E-state index contributed by atoms with van der Waals surface area (Å²) in [7, 11) is 0. The second-order valence-electron chi connectivity index (χ2n) is 4.31. The van der Waals surface area contributed by atoms with E-state index < -0.39 is 0 Å². The number of allylic oxidation sites excluding steroid dienone is 2. The molecule has 3 nitrogen and oxygen atoms in total. The molecule has 94 valence electrons. The molecule has 0 aliphatic heterocycles. The van der Waals surface area contributed by atoms with E-state index in [1.54, 1.807) is 13.0 Å². The normalized spacial score (nSPS) is 20.5. The van der Waals surface area contributed by atoms with Crippen LogP contribution < -0.4 is 0 Å². The first-order valence-electron chi connectivity index (χ1n) is 6.16. The summed E-state index contributed by atoms with van der Waals surface area (Å²) in [5.74, 6) is -0.0565. The van der Waals surface area contributed by atoms with E-state index in [0.717, 1.165) is 18.4 Å². The highest BCUT2D eigenvalue weighted by Crippen LogP contribution is 2.30. The number of hydrogen-bond acceptors (Lipinski definition) is 3. The molecule has 0 aromatic heterocycles. The number of ketones is 1. The number of ether oxygens (including phenoxy) is 1. The second kappa shape index (κ2) is 6.38. The van der Waals surface area contributed by atoms with Crippen LogP contribution in [0.1, 0.15) is 39.5 Å². The molecule has 3 heteroatoms. The number of hydrogen-bond donors (Lipinski definition) is 0. The molecule has 0 spiro atoms. The molecule has 1 aliphatic carbocycles. The van der Waals surface area contributed by atoms with Crippen molar-refractivity contribution in [2.45, 2.75) is 39.5 Å². The van der Waals surface area contributed by atoms with Gasteiger partial charge in [0.2, 0.25) is 0 Å². The second-order valence-corrected chi connectivity index (χ2v) is 4.31. The molecule has 1 atom stereocenters. The summed E-state index contributed by atoms with van der Waals surface area (Å²) in [5.41, 5.74) is 1.51. The van der Waals surface area contributed by atoms with Gasteiger partial charge in [0.15, 0.2) is 0 Å². The van der Waals surface area contributed by atoms with Crippen LogP contribution in [0.2, 0.25) is 0 Å². The molecule has 1 saturated carbocycles. The Kier molecular flexibility index (Phi) is 5.13. The zero-order valence-electron chi connectivity index (χ0n) is 10.6. The quantitative estimate of drug-likeness (QED) is 0.419. The summed E-state index contributed by atoms with van der Waals surface area (Å²) in [6.45, 7) is 8.00. The molecule has 0 bridgehead atoms. The van der Waals surface area contributed by atoms with Gasteiger partial charge in [-0.1, -0.05) is 19.1 Å². The first kappa shape index (κ1) is 13.7. The van der Waals surface area contributed by atoms with Gasteiger partial charge in [0.05, 0.1) is 6.61 Å². The van der Waals surface area contributed by atoms with Gasteiger partial charge < -0.3 is 4.74 Å². The molecule has 0 aromatic carbocycles. The Bertz CT molecular complexity index is 352. The van der Waals surface area contributed by atoms with Gasteiger partial charge in [-0.05, 0) is 31.8 Å². The molecule has 0 saturated heterocycles. The van der Waals surface area contributed by atoms with Crippen molar-refractivity contribution in [1.82, 2.24) is 0 Å². The molecule has 1 rings (SSSR count). The lowest BCUT2D eigenvalue weighted by atomic mass is 9.95. The zero-order chi connectivity index (χ0) is 12.8. The van der Waals surface area contributed by atoms with Crippen LogP contribution in [0.15, 0.2) is 23.8 Å². The number of Topliss-reactive ketones (excluding diaryl/α,β-unsaturated/α-hetero) is 1. The third kappa shape index (κ3) is 3.84. The average Bonchev–Trinajstić information content (AvgIpc) is 2.72. The lowest BCUT2D eigenvalue weighted by Gasteiger charge is -2.13. The first-order chi connectivity index (χ1) is 8.08. The van der Waals surface area contributed by atoms with Crippen LogP contribution in [0, 0.1) is 5.92 Å². The highest BCUT2D eigenvalue weighted by Gasteiger charge is 2.29. The monoisotopic (exact) mass is 236 g/mol. The van der Waals surface area contributed by atoms with Crippen LogP contribution in [0.5, 0.6) is 0 Å². The third-order valence-electron chi connectivity index (χ3n) is 3.01. The summed E-state index contributed by atoms with van der Waals surface area (Å²) in [5, 5.41) is 0. The Labute approximate surface area is 103 Å². The third-order valence-corrected chi connectivity index (χ3v) is 3.01. The molecule has 0 radical (unpaired) electrons. The van der Waals surface area contributed by atoms with Crippen LogP contribution in [0.3, 0.4) is 0 Å². The van der Waals surface area contributed by atoms with Crippen molar-refractivity contribution >= 4 is 11.8 Å². The fraction of sp³-hybridized carbons (Fsp3) is 0.571. The molecule has 17 heavy (non-hydrogen) atoms. The van der Waals surface area contributed by atoms with Gasteiger partial charge >= 0.3 is 5.97 Å². The van der Waals surface area contributed by atoms with Gasteiger partial charge in [0.1, 0.15) is 5.78 Å². The van der Waals surface area contributed by atoms with Crippen LogP contribution >= 0.6 is 0 Å². The van der Waals surface area contributed by atoms with Crippen molar-refractivity contribution in [3.63, 3.8) is 0 Å². The fourth-order valence-corrected chi connectivity index (χ4v) is 1.96. The van der Waals surface area contributed by atoms with Crippen molar-refractivity contribution in [3.05, 3.63) is 23.8 Å². The van der Waals surface area contributed by atoms with Gasteiger partial charge in [-0.3, -0.25) is 4.79 Å². The largest absolute Gasteiger partial charge is 0.463 e. The van der Waals surface area contributed by atoms with E-state index in [0.29, 0.717) is 25.0 Å². The Morgan fingerprint density at radius 2 is 2.24 bits per heavy atom. The summed E-state index contributed by atoms with van der Waals surface area (Å²) in [4.78, 5) is 23.1. The number of carbonyl (C=O) groups excluding carboxylic acids is 2. The predicted octanol–water partition coefficient (Wildman–Crippen LogP) is 2.81. The SMILES string of the molecule is C=C(/C=C(/C(=O)OCC)C1CCC(=O)C1)CC. The highest BCUT2D eigenvalue weighted by molar-refractivity contribution is 5.92. The van der Waals surface area contributed by atoms with E-state index in [2.05, 4.69) is 6.58 Å². The molecular weight excluding hydrogens is 216 g/mol. The minimum Gasteiger partial charge on any atom is -0.463 e. The van der Waals surface area contributed by atoms with Crippen molar-refractivity contribution in [3.8, 4) is 0 Å². The van der Waals surface area contributed by atoms with Gasteiger partial charge in [-0.2, -0.15) is 0 Å². The van der Waals surface area contributed by atoms with Crippen molar-refractivity contribution < 1.29 is 14.3 Å². The van der Waals surface area contributed by atoms with Crippen LogP contribution in [0.4, 0.5) is 0 Å². The maximum atomic E-state index is 11.8. The molecule has 0 N–H and O–H groups in total. The maximum Gasteiger partial charge on any atom is 0.334 e. The number of rotatable bonds is 5. The molecule has 0 amide bonds. The highest BCUT2D eigenvalue weighted by atomic mass is 16.5. The summed E-state index contributed by atoms with van der Waals surface area (Å²) < 4.78 is 5.04. The number of carbonyl (C=O) groups is 2. The van der Waals surface area contributed by atoms with Crippen molar-refractivity contribution in [2.75, 3.05) is 6.61 Å². The number of esters is 1. The van der Waals surface area contributed by atoms with E-state index >= 15 is 0 Å². The minimum atomic E-state index is -0.304. The van der Waals surface area contributed by atoms with Crippen molar-refractivity contribution in [1.29, 1.82) is 0 Å². The van der Waals surface area contributed by atoms with Crippen LogP contribution in [0.25, 0.3) is 0 Å². The lowest BCUT2D eigenvalue weighted by Crippen LogP contribution is -2.15. The molecule has 1 aliphatic rings. The van der Waals surface area contributed by atoms with E-state index in [1.807, 2.05) is 6.92 Å². The summed E-state index contributed by atoms with van der Waals surface area (Å²) in [6, 6.07) is 0. The predicted molar refractivity (Wildman–Crippen MR) is 66.5 cm³/mol. The Morgan fingerprint density at radius 3 is 2.71 bits per heavy atom. The van der Waals surface area contributed by atoms with Crippen LogP contribution in [-0.4, -0.2) is 18.4 Å². The molecule has 0 heterocycles. The van der Waals surface area contributed by atoms with Crippen LogP contribution in [-0.2, 0) is 14.3 Å². The maximum absolute atomic E-state index is 11.8. The fourth-order valence-electron chi connectivity index (χ4n) is 1.96. The lowest BCUT2D eigenvalue weighted by molar-refractivity contribution is -0.139. The van der Waals surface area contributed by atoms with Crippen molar-refractivity contribution in [2.24, 2.45) is 5.92 Å². The van der Waals surface area contributed by atoms with E-state index in [1.165, 1.54) is 0 Å². The Morgan fingerprint density at radius 1 is 1.53 bits per heavy atom. The van der Waals surface area contributed by atoms with E-state index in [-0.39, 0.29) is 17.7 Å². The Balaban J connectivity index is 2.86. The summed E-state index contributed by atoms with van der Waals surface area (Å²) >= 11 is 0. The Hall–Kier alpha value is -1.38. The summed E-state index contributed by atoms with van der Waals surface area (Å²) in [6.07, 6.45) is 4.37. The molecule has 1 unspecified atom stereocenters. The topological polar surface area (TPSA) is 43.4 Å². The molecule has 1 fully saturated rings. The first-order valence-corrected chi connectivity index (χ1v) is 6.16. The zero-order valence-corrected chi connectivity index (χ0v) is 10.6. The standard InChI is InChI=1S/C14H20O3/c1-4-10(3)8-13(14(16)17-5-2)11-6-7-12(15)9-11/h8,11H,3-7,9H2,1-2H3/b13-8+. The van der Waals surface area contributed by atoms with E-state index in [4.69, 9.17) is 4.74 Å². The molecular formula is C14H20O3. The van der Waals surface area contributed by atoms with Gasteiger partial charge in [0, 0.05) is 18.4 Å². The van der Waals surface area contributed by atoms with Gasteiger partial charge in [-0.25, -0.2) is 4.79 Å². The van der Waals surface area contributed by atoms with Gasteiger partial charge in [-0.15, -0.1) is 0 Å². The average molecular weight is 236 g/mol. The van der Waals surface area contributed by atoms with Gasteiger partial charge in [0.25, 0.3) is 0 Å². The molecule has 0 aromatic rings. The smallest absolute Gasteiger partial charge is 0.334 e. The minimum absolute atomic E-state index is 0.0184.